The van der Waals surface area contributed by atoms with E-state index in [2.05, 4.69) is 28.4 Å². The van der Waals surface area contributed by atoms with Crippen LogP contribution in [0.5, 0.6) is 0 Å². The molecule has 0 aliphatic heterocycles. The van der Waals surface area contributed by atoms with Gasteiger partial charge in [0.15, 0.2) is 0 Å². The fourth-order valence-corrected chi connectivity index (χ4v) is 1.48. The van der Waals surface area contributed by atoms with Crippen molar-refractivity contribution in [2.24, 2.45) is 5.73 Å². The smallest absolute Gasteiger partial charge is 0.0650 e. The lowest BCUT2D eigenvalue weighted by atomic mass is 10.1. The average molecular weight is 187 g/mol. The molecule has 3 N–H and O–H groups in total. The highest BCUT2D eigenvalue weighted by atomic mass is 15.1. The molecule has 0 fully saturated rings. The maximum atomic E-state index is 5.51. The van der Waals surface area contributed by atoms with Crippen molar-refractivity contribution < 1.29 is 0 Å². The first-order chi connectivity index (χ1) is 6.90. The van der Waals surface area contributed by atoms with E-state index in [1.54, 1.807) is 6.20 Å². The van der Waals surface area contributed by atoms with Crippen molar-refractivity contribution in [3.63, 3.8) is 0 Å². The molecule has 0 atom stereocenters. The van der Waals surface area contributed by atoms with Crippen LogP contribution in [0.25, 0.3) is 11.3 Å². The third-order valence-electron chi connectivity index (χ3n) is 2.17. The zero-order chi connectivity index (χ0) is 9.80. The molecule has 0 aliphatic carbocycles. The van der Waals surface area contributed by atoms with E-state index in [-0.39, 0.29) is 0 Å². The number of aromatic nitrogens is 2. The van der Waals surface area contributed by atoms with E-state index >= 15 is 0 Å². The minimum absolute atomic E-state index is 0.687. The predicted octanol–water partition coefficient (Wildman–Crippen LogP) is 1.58. The van der Waals surface area contributed by atoms with Crippen molar-refractivity contribution in [2.45, 2.75) is 6.42 Å². The van der Waals surface area contributed by atoms with Crippen LogP contribution in [0.15, 0.2) is 36.5 Å². The van der Waals surface area contributed by atoms with Crippen LogP contribution >= 0.6 is 0 Å². The Balaban J connectivity index is 2.31. The van der Waals surface area contributed by atoms with Crippen LogP contribution in [0.4, 0.5) is 0 Å². The second-order valence-corrected chi connectivity index (χ2v) is 3.21. The van der Waals surface area contributed by atoms with E-state index < -0.39 is 0 Å². The second-order valence-electron chi connectivity index (χ2n) is 3.21. The molecule has 2 aromatic rings. The fraction of sp³-hybridized carbons (Fsp3) is 0.182. The van der Waals surface area contributed by atoms with Crippen LogP contribution in [0, 0.1) is 0 Å². The number of nitrogens with zero attached hydrogens (tertiary/aromatic N) is 1. The number of nitrogens with two attached hydrogens (primary N) is 1. The second kappa shape index (κ2) is 4.07. The Bertz CT molecular complexity index is 393. The highest BCUT2D eigenvalue weighted by molar-refractivity contribution is 5.59. The number of hydrogen-bond acceptors (Lipinski definition) is 2. The minimum atomic E-state index is 0.687. The first-order valence-corrected chi connectivity index (χ1v) is 4.69. The molecular formula is C11H13N3. The molecule has 0 saturated carbocycles. The number of rotatable bonds is 3. The lowest BCUT2D eigenvalue weighted by Crippen LogP contribution is -2.02. The lowest BCUT2D eigenvalue weighted by molar-refractivity contribution is 0.969. The van der Waals surface area contributed by atoms with Crippen LogP contribution in [0.2, 0.25) is 0 Å². The van der Waals surface area contributed by atoms with Gasteiger partial charge in [0.05, 0.1) is 5.69 Å². The minimum Gasteiger partial charge on any atom is -0.330 e. The Kier molecular flexibility index (Phi) is 2.60. The van der Waals surface area contributed by atoms with Crippen molar-refractivity contribution in [1.29, 1.82) is 0 Å². The summed E-state index contributed by atoms with van der Waals surface area (Å²) in [7, 11) is 0. The van der Waals surface area contributed by atoms with E-state index in [1.165, 1.54) is 5.56 Å². The average Bonchev–Trinajstić information content (AvgIpc) is 2.71. The molecule has 0 radical (unpaired) electrons. The molecular weight excluding hydrogens is 174 g/mol. The van der Waals surface area contributed by atoms with E-state index in [0.717, 1.165) is 17.7 Å². The number of nitrogens with one attached hydrogen (secondary N) is 1. The Morgan fingerprint density at radius 2 is 2.21 bits per heavy atom. The van der Waals surface area contributed by atoms with Crippen molar-refractivity contribution in [2.75, 3.05) is 6.54 Å². The van der Waals surface area contributed by atoms with Crippen molar-refractivity contribution in [1.82, 2.24) is 10.2 Å². The first kappa shape index (κ1) is 8.97. The predicted molar refractivity (Wildman–Crippen MR) is 56.8 cm³/mol. The number of aromatic amines is 1. The van der Waals surface area contributed by atoms with E-state index in [1.807, 2.05) is 12.1 Å². The molecule has 72 valence electrons. The molecule has 0 bridgehead atoms. The fourth-order valence-electron chi connectivity index (χ4n) is 1.48. The molecule has 1 aromatic carbocycles. The van der Waals surface area contributed by atoms with Gasteiger partial charge in [-0.2, -0.15) is 5.10 Å². The van der Waals surface area contributed by atoms with E-state index in [0.29, 0.717) is 6.54 Å². The monoisotopic (exact) mass is 187 g/mol. The van der Waals surface area contributed by atoms with E-state index in [4.69, 9.17) is 5.73 Å². The van der Waals surface area contributed by atoms with Gasteiger partial charge >= 0.3 is 0 Å². The van der Waals surface area contributed by atoms with Gasteiger partial charge in [-0.1, -0.05) is 18.2 Å². The van der Waals surface area contributed by atoms with Gasteiger partial charge in [-0.15, -0.1) is 0 Å². The van der Waals surface area contributed by atoms with Gasteiger partial charge in [0, 0.05) is 6.20 Å². The normalized spacial score (nSPS) is 10.4. The van der Waals surface area contributed by atoms with Gasteiger partial charge in [-0.25, -0.2) is 0 Å². The zero-order valence-corrected chi connectivity index (χ0v) is 7.90. The molecule has 0 amide bonds. The van der Waals surface area contributed by atoms with Crippen molar-refractivity contribution >= 4 is 0 Å². The molecule has 0 saturated heterocycles. The summed E-state index contributed by atoms with van der Waals surface area (Å²) in [5.74, 6) is 0. The third-order valence-corrected chi connectivity index (χ3v) is 2.17. The first-order valence-electron chi connectivity index (χ1n) is 4.69. The highest BCUT2D eigenvalue weighted by Crippen LogP contribution is 2.17. The maximum Gasteiger partial charge on any atom is 0.0650 e. The standard InChI is InChI=1S/C11H13N3/c12-6-4-9-2-1-3-10(8-9)11-5-7-13-14-11/h1-3,5,7-8H,4,6,12H2,(H,13,14). The van der Waals surface area contributed by atoms with Crippen LogP contribution in [-0.4, -0.2) is 16.7 Å². The number of hydrogen-bond donors (Lipinski definition) is 2. The Morgan fingerprint density at radius 1 is 1.29 bits per heavy atom. The van der Waals surface area contributed by atoms with Crippen LogP contribution in [0.3, 0.4) is 0 Å². The Morgan fingerprint density at radius 3 is 2.93 bits per heavy atom. The Hall–Kier alpha value is -1.61. The maximum absolute atomic E-state index is 5.51. The molecule has 1 heterocycles. The summed E-state index contributed by atoms with van der Waals surface area (Å²) in [5, 5.41) is 6.87. The van der Waals surface area contributed by atoms with Crippen LogP contribution in [-0.2, 0) is 6.42 Å². The van der Waals surface area contributed by atoms with Gasteiger partial charge in [0.25, 0.3) is 0 Å². The van der Waals surface area contributed by atoms with Gasteiger partial charge in [-0.05, 0) is 36.2 Å². The summed E-state index contributed by atoms with van der Waals surface area (Å²) in [4.78, 5) is 0. The molecule has 3 heteroatoms. The molecule has 2 rings (SSSR count). The van der Waals surface area contributed by atoms with Crippen LogP contribution in [0.1, 0.15) is 5.56 Å². The van der Waals surface area contributed by atoms with Gasteiger partial charge < -0.3 is 5.73 Å². The molecule has 0 spiro atoms. The largest absolute Gasteiger partial charge is 0.330 e. The number of benzene rings is 1. The highest BCUT2D eigenvalue weighted by Gasteiger charge is 1.99. The zero-order valence-electron chi connectivity index (χ0n) is 7.90. The summed E-state index contributed by atoms with van der Waals surface area (Å²) in [6.07, 6.45) is 2.67. The summed E-state index contributed by atoms with van der Waals surface area (Å²) in [6.45, 7) is 0.687. The van der Waals surface area contributed by atoms with E-state index in [9.17, 15) is 0 Å². The lowest BCUT2D eigenvalue weighted by Gasteiger charge is -2.01. The van der Waals surface area contributed by atoms with Gasteiger partial charge in [0.1, 0.15) is 0 Å². The molecule has 3 nitrogen and oxygen atoms in total. The summed E-state index contributed by atoms with van der Waals surface area (Å²) in [5.41, 5.74) is 8.98. The molecule has 0 aliphatic rings. The molecule has 14 heavy (non-hydrogen) atoms. The topological polar surface area (TPSA) is 54.7 Å². The Labute approximate surface area is 83.0 Å². The molecule has 0 unspecified atom stereocenters. The third kappa shape index (κ3) is 1.83. The quantitative estimate of drug-likeness (QED) is 0.766. The summed E-state index contributed by atoms with van der Waals surface area (Å²) >= 11 is 0. The number of H-pyrrole nitrogens is 1. The van der Waals surface area contributed by atoms with Gasteiger partial charge in [-0.3, -0.25) is 5.10 Å². The summed E-state index contributed by atoms with van der Waals surface area (Å²) < 4.78 is 0. The summed E-state index contributed by atoms with van der Waals surface area (Å²) in [6, 6.07) is 10.3. The van der Waals surface area contributed by atoms with Gasteiger partial charge in [0.2, 0.25) is 0 Å². The SMILES string of the molecule is NCCc1cccc(-c2ccn[nH]2)c1. The van der Waals surface area contributed by atoms with Crippen LogP contribution < -0.4 is 5.73 Å². The molecule has 1 aromatic heterocycles. The van der Waals surface area contributed by atoms with Crippen molar-refractivity contribution in [3.05, 3.63) is 42.1 Å². The van der Waals surface area contributed by atoms with Crippen molar-refractivity contribution in [3.8, 4) is 11.3 Å².